The Balaban J connectivity index is 2.02. The fourth-order valence-electron chi connectivity index (χ4n) is 2.79. The van der Waals surface area contributed by atoms with Crippen molar-refractivity contribution in [3.05, 3.63) is 70.7 Å². The van der Waals surface area contributed by atoms with Crippen LogP contribution in [0.1, 0.15) is 0 Å². The molecular weight excluding hydrogens is 297 g/mol. The van der Waals surface area contributed by atoms with Crippen LogP contribution in [0.3, 0.4) is 0 Å². The van der Waals surface area contributed by atoms with Gasteiger partial charge in [-0.2, -0.15) is 0 Å². The smallest absolute Gasteiger partial charge is 0.270 e. The second-order valence-electron chi connectivity index (χ2n) is 5.20. The van der Waals surface area contributed by atoms with Crippen molar-refractivity contribution in [2.75, 3.05) is 0 Å². The highest BCUT2D eigenvalue weighted by atomic mass is 19.1. The second kappa shape index (κ2) is 4.88. The molecule has 0 saturated heterocycles. The van der Waals surface area contributed by atoms with Crippen LogP contribution in [-0.4, -0.2) is 14.9 Å². The summed E-state index contributed by atoms with van der Waals surface area (Å²) in [5.41, 5.74) is 2.64. The first-order valence-corrected chi connectivity index (χ1v) is 6.94. The molecule has 0 amide bonds. The number of non-ortho nitro benzene ring substituents is 1. The zero-order chi connectivity index (χ0) is 16.0. The predicted molar refractivity (Wildman–Crippen MR) is 85.6 cm³/mol. The average Bonchev–Trinajstić information content (AvgIpc) is 2.92. The molecule has 4 rings (SSSR count). The van der Waals surface area contributed by atoms with Gasteiger partial charge < -0.3 is 4.98 Å². The van der Waals surface area contributed by atoms with Crippen molar-refractivity contribution in [1.29, 1.82) is 0 Å². The lowest BCUT2D eigenvalue weighted by Crippen LogP contribution is -1.90. The molecule has 1 N–H and O–H groups in total. The predicted octanol–water partition coefficient (Wildman–Crippen LogP) is 4.43. The summed E-state index contributed by atoms with van der Waals surface area (Å²) in [6, 6.07) is 12.7. The van der Waals surface area contributed by atoms with Gasteiger partial charge in [-0.1, -0.05) is 12.1 Å². The fourth-order valence-corrected chi connectivity index (χ4v) is 2.79. The van der Waals surface area contributed by atoms with Crippen molar-refractivity contribution < 1.29 is 9.31 Å². The number of rotatable bonds is 2. The van der Waals surface area contributed by atoms with E-state index >= 15 is 0 Å². The molecule has 0 saturated carbocycles. The Bertz CT molecular complexity index is 1070. The van der Waals surface area contributed by atoms with Crippen LogP contribution in [0, 0.1) is 15.9 Å². The van der Waals surface area contributed by atoms with E-state index in [0.717, 1.165) is 16.3 Å². The number of benzene rings is 2. The molecule has 4 aromatic rings. The fraction of sp³-hybridized carbons (Fsp3) is 0. The van der Waals surface area contributed by atoms with Crippen molar-refractivity contribution in [3.8, 4) is 11.3 Å². The number of aromatic amines is 1. The number of hydrogen-bond acceptors (Lipinski definition) is 3. The number of nitrogens with zero attached hydrogens (tertiary/aromatic N) is 2. The lowest BCUT2D eigenvalue weighted by molar-refractivity contribution is -0.384. The highest BCUT2D eigenvalue weighted by Crippen LogP contribution is 2.32. The highest BCUT2D eigenvalue weighted by Gasteiger charge is 2.13. The molecular formula is C17H10FN3O2. The number of halogens is 1. The minimum atomic E-state index is -0.440. The molecule has 2 heterocycles. The molecule has 0 aliphatic heterocycles. The minimum Gasteiger partial charge on any atom is -0.353 e. The topological polar surface area (TPSA) is 71.8 Å². The number of nitro benzene ring substituents is 1. The van der Waals surface area contributed by atoms with Crippen LogP contribution in [0.25, 0.3) is 33.1 Å². The van der Waals surface area contributed by atoms with Crippen LogP contribution in [0.2, 0.25) is 0 Å². The highest BCUT2D eigenvalue weighted by molar-refractivity contribution is 6.10. The third kappa shape index (κ3) is 2.12. The largest absolute Gasteiger partial charge is 0.353 e. The monoisotopic (exact) mass is 307 g/mol. The Morgan fingerprint density at radius 3 is 2.78 bits per heavy atom. The molecule has 2 aromatic heterocycles. The number of hydrogen-bond donors (Lipinski definition) is 1. The first-order valence-electron chi connectivity index (χ1n) is 6.94. The van der Waals surface area contributed by atoms with Crippen molar-refractivity contribution in [1.82, 2.24) is 9.97 Å². The van der Waals surface area contributed by atoms with Gasteiger partial charge in [-0.15, -0.1) is 0 Å². The zero-order valence-electron chi connectivity index (χ0n) is 11.8. The number of pyridine rings is 1. The molecule has 0 atom stereocenters. The maximum absolute atomic E-state index is 13.4. The first-order chi connectivity index (χ1) is 11.1. The lowest BCUT2D eigenvalue weighted by atomic mass is 10.1. The van der Waals surface area contributed by atoms with E-state index in [9.17, 15) is 14.5 Å². The van der Waals surface area contributed by atoms with E-state index in [0.29, 0.717) is 16.8 Å². The van der Waals surface area contributed by atoms with E-state index in [1.807, 2.05) is 6.07 Å². The van der Waals surface area contributed by atoms with Crippen LogP contribution >= 0.6 is 0 Å². The molecule has 0 unspecified atom stereocenters. The van der Waals surface area contributed by atoms with Crippen LogP contribution in [0.5, 0.6) is 0 Å². The van der Waals surface area contributed by atoms with Crippen LogP contribution < -0.4 is 0 Å². The number of nitrogens with one attached hydrogen (secondary N) is 1. The maximum Gasteiger partial charge on any atom is 0.270 e. The summed E-state index contributed by atoms with van der Waals surface area (Å²) in [7, 11) is 0. The molecule has 6 heteroatoms. The summed E-state index contributed by atoms with van der Waals surface area (Å²) in [4.78, 5) is 18.0. The van der Waals surface area contributed by atoms with E-state index in [1.165, 1.54) is 24.3 Å². The van der Waals surface area contributed by atoms with Gasteiger partial charge in [0.05, 0.1) is 16.1 Å². The SMILES string of the molecule is O=[N+]([O-])c1cccc(-c2nccc3c2[nH]c2cc(F)ccc23)c1. The molecule has 23 heavy (non-hydrogen) atoms. The summed E-state index contributed by atoms with van der Waals surface area (Å²) in [5, 5.41) is 12.7. The number of nitro groups is 1. The number of H-pyrrole nitrogens is 1. The molecule has 0 aliphatic carbocycles. The standard InChI is InChI=1S/C17H10FN3O2/c18-11-4-5-13-14-6-7-19-16(17(14)20-15(13)9-11)10-2-1-3-12(8-10)21(22)23/h1-9,20H. The van der Waals surface area contributed by atoms with E-state index in [-0.39, 0.29) is 11.5 Å². The van der Waals surface area contributed by atoms with Gasteiger partial charge in [0.15, 0.2) is 0 Å². The normalized spacial score (nSPS) is 11.2. The third-order valence-corrected chi connectivity index (χ3v) is 3.81. The van der Waals surface area contributed by atoms with E-state index in [4.69, 9.17) is 0 Å². The molecule has 0 spiro atoms. The Labute approximate surface area is 129 Å². The lowest BCUT2D eigenvalue weighted by Gasteiger charge is -2.02. The molecule has 0 aliphatic rings. The van der Waals surface area contributed by atoms with Gasteiger partial charge >= 0.3 is 0 Å². The summed E-state index contributed by atoms with van der Waals surface area (Å²) in [6.45, 7) is 0. The Morgan fingerprint density at radius 1 is 1.09 bits per heavy atom. The summed E-state index contributed by atoms with van der Waals surface area (Å²) in [5.74, 6) is -0.325. The number of aromatic nitrogens is 2. The zero-order valence-corrected chi connectivity index (χ0v) is 11.8. The first kappa shape index (κ1) is 13.4. The van der Waals surface area contributed by atoms with E-state index in [2.05, 4.69) is 9.97 Å². The molecule has 0 fully saturated rings. The van der Waals surface area contributed by atoms with Crippen LogP contribution in [-0.2, 0) is 0 Å². The molecule has 0 radical (unpaired) electrons. The molecule has 0 bridgehead atoms. The maximum atomic E-state index is 13.4. The van der Waals surface area contributed by atoms with Gasteiger partial charge in [0.1, 0.15) is 5.82 Å². The average molecular weight is 307 g/mol. The van der Waals surface area contributed by atoms with Crippen LogP contribution in [0.4, 0.5) is 10.1 Å². The quantitative estimate of drug-likeness (QED) is 0.440. The van der Waals surface area contributed by atoms with Gasteiger partial charge in [0.2, 0.25) is 0 Å². The molecule has 112 valence electrons. The summed E-state index contributed by atoms with van der Waals surface area (Å²) >= 11 is 0. The third-order valence-electron chi connectivity index (χ3n) is 3.81. The van der Waals surface area contributed by atoms with E-state index in [1.54, 1.807) is 24.4 Å². The van der Waals surface area contributed by atoms with Gasteiger partial charge in [-0.3, -0.25) is 15.1 Å². The Hall–Kier alpha value is -3.28. The van der Waals surface area contributed by atoms with Gasteiger partial charge in [-0.25, -0.2) is 4.39 Å². The van der Waals surface area contributed by atoms with E-state index < -0.39 is 4.92 Å². The molecule has 2 aromatic carbocycles. The van der Waals surface area contributed by atoms with Crippen molar-refractivity contribution in [2.45, 2.75) is 0 Å². The van der Waals surface area contributed by atoms with Crippen molar-refractivity contribution in [3.63, 3.8) is 0 Å². The Kier molecular flexibility index (Phi) is 2.84. The minimum absolute atomic E-state index is 0.00320. The van der Waals surface area contributed by atoms with Gasteiger partial charge in [0.25, 0.3) is 5.69 Å². The van der Waals surface area contributed by atoms with Gasteiger partial charge in [-0.05, 0) is 24.3 Å². The molecule has 5 nitrogen and oxygen atoms in total. The Morgan fingerprint density at radius 2 is 1.96 bits per heavy atom. The van der Waals surface area contributed by atoms with Gasteiger partial charge in [0, 0.05) is 40.2 Å². The van der Waals surface area contributed by atoms with Crippen molar-refractivity contribution >= 4 is 27.5 Å². The second-order valence-corrected chi connectivity index (χ2v) is 5.20. The van der Waals surface area contributed by atoms with Crippen molar-refractivity contribution in [2.24, 2.45) is 0 Å². The summed E-state index contributed by atoms with van der Waals surface area (Å²) in [6.07, 6.45) is 1.65. The summed E-state index contributed by atoms with van der Waals surface area (Å²) < 4.78 is 13.4. The number of fused-ring (bicyclic) bond motifs is 3. The van der Waals surface area contributed by atoms with Crippen LogP contribution in [0.15, 0.2) is 54.7 Å².